The van der Waals surface area contributed by atoms with Crippen LogP contribution in [0.4, 0.5) is 0 Å². The third-order valence-electron chi connectivity index (χ3n) is 11.8. The van der Waals surface area contributed by atoms with Crippen molar-refractivity contribution in [2.24, 2.45) is 10.8 Å². The van der Waals surface area contributed by atoms with Crippen LogP contribution < -0.4 is 0 Å². The maximum atomic E-state index is 6.38. The predicted molar refractivity (Wildman–Crippen MR) is 216 cm³/mol. The average molecular weight is 877 g/mol. The molecule has 0 unspecified atom stereocenters. The van der Waals surface area contributed by atoms with Crippen LogP contribution in [0.2, 0.25) is 0 Å². The molecular formula is C47H48IrN4O-2. The van der Waals surface area contributed by atoms with Gasteiger partial charge in [-0.1, -0.05) is 105 Å². The second-order valence-corrected chi connectivity index (χ2v) is 16.9. The van der Waals surface area contributed by atoms with Gasteiger partial charge in [-0.15, -0.1) is 53.6 Å². The van der Waals surface area contributed by atoms with Crippen LogP contribution in [0, 0.1) is 23.0 Å². The molecule has 53 heavy (non-hydrogen) atoms. The van der Waals surface area contributed by atoms with Gasteiger partial charge in [-0.3, -0.25) is 4.40 Å². The van der Waals surface area contributed by atoms with Gasteiger partial charge in [-0.05, 0) is 79.9 Å². The number of imidazole rings is 1. The molecule has 1 radical (unpaired) electrons. The van der Waals surface area contributed by atoms with E-state index in [4.69, 9.17) is 14.4 Å². The second kappa shape index (κ2) is 14.0. The average Bonchev–Trinajstić information content (AvgIpc) is 3.70. The van der Waals surface area contributed by atoms with Crippen LogP contribution in [0.15, 0.2) is 114 Å². The number of furan rings is 1. The van der Waals surface area contributed by atoms with Gasteiger partial charge < -0.3 is 14.4 Å². The van der Waals surface area contributed by atoms with Crippen molar-refractivity contribution < 1.29 is 24.5 Å². The van der Waals surface area contributed by atoms with Crippen molar-refractivity contribution in [1.29, 1.82) is 0 Å². The monoisotopic (exact) mass is 877 g/mol. The van der Waals surface area contributed by atoms with Gasteiger partial charge in [0.15, 0.2) is 11.2 Å². The maximum Gasteiger partial charge on any atom is 0.181 e. The number of rotatable bonds is 4. The fourth-order valence-corrected chi connectivity index (χ4v) is 6.48. The first-order valence-electron chi connectivity index (χ1n) is 18.1. The summed E-state index contributed by atoms with van der Waals surface area (Å²) in [7, 11) is 0. The molecule has 5 nitrogen and oxygen atoms in total. The summed E-state index contributed by atoms with van der Waals surface area (Å²) >= 11 is 0. The first-order valence-corrected chi connectivity index (χ1v) is 18.1. The Bertz CT molecular complexity index is 2550. The molecular weight excluding hydrogens is 829 g/mol. The molecule has 3 aromatic carbocycles. The number of benzene rings is 3. The SMILES string of the molecule is CC(C)(C)C(C)(C)c1ccnc(-c2[c-]ccc3oc4c(ccn5c6ccccc6nc45)c23)c1.CC(C)(C)C(C)(C)c1ccnc(-c2[c-]cccc2)c1.[Ir]. The maximum absolute atomic E-state index is 6.38. The van der Waals surface area contributed by atoms with Gasteiger partial charge in [0.25, 0.3) is 0 Å². The number of para-hydroxylation sites is 2. The van der Waals surface area contributed by atoms with E-state index < -0.39 is 0 Å². The third kappa shape index (κ3) is 6.84. The second-order valence-electron chi connectivity index (χ2n) is 16.9. The molecule has 0 saturated carbocycles. The van der Waals surface area contributed by atoms with Crippen LogP contribution in [0.5, 0.6) is 0 Å². The van der Waals surface area contributed by atoms with Crippen molar-refractivity contribution >= 4 is 38.6 Å². The molecule has 0 amide bonds. The van der Waals surface area contributed by atoms with E-state index >= 15 is 0 Å². The Morgan fingerprint density at radius 1 is 0.642 bits per heavy atom. The minimum atomic E-state index is -0.0147. The molecule has 0 aliphatic carbocycles. The molecule has 6 heteroatoms. The van der Waals surface area contributed by atoms with Crippen LogP contribution in [0.3, 0.4) is 0 Å². The topological polar surface area (TPSA) is 56.2 Å². The van der Waals surface area contributed by atoms with Crippen molar-refractivity contribution in [3.63, 3.8) is 0 Å². The van der Waals surface area contributed by atoms with E-state index in [-0.39, 0.29) is 41.8 Å². The van der Waals surface area contributed by atoms with E-state index in [1.165, 1.54) is 11.1 Å². The summed E-state index contributed by atoms with van der Waals surface area (Å²) < 4.78 is 8.47. The summed E-state index contributed by atoms with van der Waals surface area (Å²) in [6.07, 6.45) is 5.89. The van der Waals surface area contributed by atoms with Crippen LogP contribution >= 0.6 is 0 Å². The summed E-state index contributed by atoms with van der Waals surface area (Å²) in [5, 5.41) is 2.06. The molecule has 5 aromatic heterocycles. The quantitative estimate of drug-likeness (QED) is 0.165. The Hall–Kier alpha value is -4.64. The molecule has 0 aliphatic heterocycles. The van der Waals surface area contributed by atoms with E-state index in [1.807, 2.05) is 60.9 Å². The van der Waals surface area contributed by atoms with Gasteiger partial charge >= 0.3 is 0 Å². The zero-order valence-electron chi connectivity index (χ0n) is 32.4. The molecule has 8 aromatic rings. The summed E-state index contributed by atoms with van der Waals surface area (Å²) in [6, 6.07) is 37.5. The molecule has 0 N–H and O–H groups in total. The summed E-state index contributed by atoms with van der Waals surface area (Å²) in [5.74, 6) is 0. The van der Waals surface area contributed by atoms with Gasteiger partial charge in [0.1, 0.15) is 0 Å². The van der Waals surface area contributed by atoms with E-state index in [0.717, 1.165) is 61.1 Å². The van der Waals surface area contributed by atoms with E-state index in [2.05, 4.69) is 139 Å². The van der Waals surface area contributed by atoms with Crippen LogP contribution in [-0.4, -0.2) is 19.4 Å². The largest absolute Gasteiger partial charge is 0.472 e. The summed E-state index contributed by atoms with van der Waals surface area (Å²) in [6.45, 7) is 22.9. The predicted octanol–water partition coefficient (Wildman–Crippen LogP) is 12.4. The Balaban J connectivity index is 0.000000206. The third-order valence-corrected chi connectivity index (χ3v) is 11.8. The van der Waals surface area contributed by atoms with E-state index in [0.29, 0.717) is 0 Å². The van der Waals surface area contributed by atoms with E-state index in [9.17, 15) is 0 Å². The summed E-state index contributed by atoms with van der Waals surface area (Å²) in [4.78, 5) is 14.1. The molecule has 0 fully saturated rings. The zero-order valence-corrected chi connectivity index (χ0v) is 34.8. The molecule has 0 spiro atoms. The smallest absolute Gasteiger partial charge is 0.181 e. The molecule has 0 saturated heterocycles. The Morgan fingerprint density at radius 2 is 1.26 bits per heavy atom. The van der Waals surface area contributed by atoms with Crippen LogP contribution in [-0.2, 0) is 30.9 Å². The van der Waals surface area contributed by atoms with Gasteiger partial charge in [0, 0.05) is 38.7 Å². The standard InChI is InChI=1S/C29H26N3O.C18H22N.Ir/c1-28(2,3)29(4,5)18-13-15-30-22(17-18)19-9-8-12-24-25(19)20-14-16-32-23-11-7-6-10-21(23)31-27(32)26(20)33-24;1-17(2,3)18(4,5)15-11-12-19-16(13-15)14-9-7-6-8-10-14;/h6-8,10-17H,1-5H3;6-9,11-13H,1-5H3;/q2*-1;. The number of nitrogens with zero attached hydrogens (tertiary/aromatic N) is 4. The fourth-order valence-electron chi connectivity index (χ4n) is 6.48. The number of pyridine rings is 3. The van der Waals surface area contributed by atoms with Crippen molar-refractivity contribution in [2.75, 3.05) is 0 Å². The Labute approximate surface area is 327 Å². The molecule has 273 valence electrons. The van der Waals surface area contributed by atoms with Crippen molar-refractivity contribution in [3.8, 4) is 22.5 Å². The summed E-state index contributed by atoms with van der Waals surface area (Å²) in [5.41, 5.74) is 11.3. The first kappa shape index (κ1) is 38.1. The fraction of sp³-hybridized carbons (Fsp3) is 0.298. The van der Waals surface area contributed by atoms with Gasteiger partial charge in [0.2, 0.25) is 0 Å². The first-order chi connectivity index (χ1) is 24.6. The molecule has 8 rings (SSSR count). The van der Waals surface area contributed by atoms with Gasteiger partial charge in [-0.2, -0.15) is 0 Å². The van der Waals surface area contributed by atoms with Crippen LogP contribution in [0.25, 0.3) is 61.1 Å². The minimum Gasteiger partial charge on any atom is -0.472 e. The normalized spacial score (nSPS) is 12.6. The van der Waals surface area contributed by atoms with Gasteiger partial charge in [-0.25, -0.2) is 4.98 Å². The van der Waals surface area contributed by atoms with Crippen LogP contribution in [0.1, 0.15) is 80.4 Å². The zero-order chi connectivity index (χ0) is 37.1. The molecule has 0 aliphatic rings. The number of aromatic nitrogens is 4. The van der Waals surface area contributed by atoms with Gasteiger partial charge in [0.05, 0.1) is 16.6 Å². The Morgan fingerprint density at radius 3 is 1.91 bits per heavy atom. The molecule has 0 atom stereocenters. The molecule has 5 heterocycles. The Kier molecular flexibility index (Phi) is 10.0. The van der Waals surface area contributed by atoms with Crippen molar-refractivity contribution in [1.82, 2.24) is 19.4 Å². The van der Waals surface area contributed by atoms with Crippen molar-refractivity contribution in [2.45, 2.75) is 80.1 Å². The van der Waals surface area contributed by atoms with Crippen molar-refractivity contribution in [3.05, 3.63) is 133 Å². The number of hydrogen-bond donors (Lipinski definition) is 0. The van der Waals surface area contributed by atoms with E-state index in [1.54, 1.807) is 0 Å². The molecule has 0 bridgehead atoms. The minimum absolute atomic E-state index is 0. The number of fused-ring (bicyclic) bond motifs is 7. The number of hydrogen-bond acceptors (Lipinski definition) is 4.